The van der Waals surface area contributed by atoms with E-state index in [-0.39, 0.29) is 17.9 Å². The van der Waals surface area contributed by atoms with Gasteiger partial charge in [-0.15, -0.1) is 0 Å². The summed E-state index contributed by atoms with van der Waals surface area (Å²) in [6.45, 7) is 3.40. The maximum atomic E-state index is 11.6. The molecule has 1 unspecified atom stereocenters. The molecule has 0 saturated carbocycles. The minimum atomic E-state index is -0.373. The van der Waals surface area contributed by atoms with Gasteiger partial charge in [-0.3, -0.25) is 4.79 Å². The molecule has 0 aliphatic rings. The number of para-hydroxylation sites is 1. The molecule has 0 radical (unpaired) electrons. The summed E-state index contributed by atoms with van der Waals surface area (Å²) in [5.41, 5.74) is 1.95. The molecule has 0 fully saturated rings. The lowest BCUT2D eigenvalue weighted by Crippen LogP contribution is -2.07. The van der Waals surface area contributed by atoms with Crippen LogP contribution in [0.5, 0.6) is 5.75 Å². The molecule has 114 valence electrons. The number of hydrogen-bond acceptors (Lipinski definition) is 4. The summed E-state index contributed by atoms with van der Waals surface area (Å²) in [4.78, 5) is 23.0. The van der Waals surface area contributed by atoms with Gasteiger partial charge < -0.3 is 9.47 Å². The second kappa shape index (κ2) is 6.89. The Morgan fingerprint density at radius 1 is 1.00 bits per heavy atom. The largest absolute Gasteiger partial charge is 0.485 e. The number of hydrogen-bond donors (Lipinski definition) is 0. The van der Waals surface area contributed by atoms with Gasteiger partial charge in [0.1, 0.15) is 11.9 Å². The van der Waals surface area contributed by atoms with Crippen LogP contribution in [0, 0.1) is 0 Å². The van der Waals surface area contributed by atoms with Crippen LogP contribution >= 0.6 is 0 Å². The fraction of sp³-hybridized carbons (Fsp3) is 0.222. The number of carbonyl (C=O) groups is 2. The first-order valence-electron chi connectivity index (χ1n) is 6.98. The highest BCUT2D eigenvalue weighted by atomic mass is 16.5. The van der Waals surface area contributed by atoms with E-state index in [0.29, 0.717) is 16.9 Å². The van der Waals surface area contributed by atoms with Gasteiger partial charge in [0.25, 0.3) is 0 Å². The van der Waals surface area contributed by atoms with Crippen molar-refractivity contribution in [3.63, 3.8) is 0 Å². The van der Waals surface area contributed by atoms with Gasteiger partial charge in [-0.05, 0) is 43.7 Å². The van der Waals surface area contributed by atoms with Crippen molar-refractivity contribution < 1.29 is 19.1 Å². The van der Waals surface area contributed by atoms with E-state index < -0.39 is 0 Å². The van der Waals surface area contributed by atoms with Crippen molar-refractivity contribution in [2.75, 3.05) is 7.11 Å². The van der Waals surface area contributed by atoms with Gasteiger partial charge in [0.15, 0.2) is 5.78 Å². The maximum Gasteiger partial charge on any atom is 0.337 e. The number of methoxy groups -OCH3 is 1. The lowest BCUT2D eigenvalue weighted by atomic mass is 10.1. The average Bonchev–Trinajstić information content (AvgIpc) is 2.54. The van der Waals surface area contributed by atoms with Crippen molar-refractivity contribution in [3.05, 3.63) is 65.2 Å². The molecule has 2 rings (SSSR count). The smallest absolute Gasteiger partial charge is 0.337 e. The zero-order chi connectivity index (χ0) is 16.1. The van der Waals surface area contributed by atoms with E-state index in [4.69, 9.17) is 4.74 Å². The summed E-state index contributed by atoms with van der Waals surface area (Å²) in [7, 11) is 1.35. The molecule has 4 nitrogen and oxygen atoms in total. The Balaban J connectivity index is 2.17. The number of rotatable bonds is 5. The lowest BCUT2D eigenvalue weighted by Gasteiger charge is -2.17. The van der Waals surface area contributed by atoms with E-state index in [9.17, 15) is 9.59 Å². The number of esters is 1. The molecule has 0 aliphatic carbocycles. The molecule has 0 saturated heterocycles. The monoisotopic (exact) mass is 298 g/mol. The molecule has 0 aliphatic heterocycles. The molecule has 22 heavy (non-hydrogen) atoms. The van der Waals surface area contributed by atoms with Crippen LogP contribution < -0.4 is 4.74 Å². The zero-order valence-corrected chi connectivity index (χ0v) is 12.8. The summed E-state index contributed by atoms with van der Waals surface area (Å²) in [5.74, 6) is 0.144. The van der Waals surface area contributed by atoms with Gasteiger partial charge in [0.05, 0.1) is 18.2 Å². The van der Waals surface area contributed by atoms with Crippen LogP contribution in [-0.4, -0.2) is 18.9 Å². The van der Waals surface area contributed by atoms with Crippen molar-refractivity contribution in [1.29, 1.82) is 0 Å². The van der Waals surface area contributed by atoms with Gasteiger partial charge >= 0.3 is 5.97 Å². The minimum Gasteiger partial charge on any atom is -0.485 e. The molecule has 0 spiro atoms. The van der Waals surface area contributed by atoms with Gasteiger partial charge in [0, 0.05) is 0 Å². The van der Waals surface area contributed by atoms with Crippen LogP contribution in [0.4, 0.5) is 0 Å². The molecule has 0 heterocycles. The first-order valence-corrected chi connectivity index (χ1v) is 6.98. The van der Waals surface area contributed by atoms with Gasteiger partial charge in [0.2, 0.25) is 0 Å². The highest BCUT2D eigenvalue weighted by Crippen LogP contribution is 2.25. The fourth-order valence-electron chi connectivity index (χ4n) is 2.13. The zero-order valence-electron chi connectivity index (χ0n) is 12.8. The SMILES string of the molecule is COC(=O)c1ccc(C(C)Oc2ccccc2C(C)=O)cc1. The Morgan fingerprint density at radius 2 is 1.64 bits per heavy atom. The number of carbonyl (C=O) groups excluding carboxylic acids is 2. The van der Waals surface area contributed by atoms with Crippen molar-refractivity contribution in [1.82, 2.24) is 0 Å². The van der Waals surface area contributed by atoms with Crippen molar-refractivity contribution in [2.24, 2.45) is 0 Å². The normalized spacial score (nSPS) is 11.6. The standard InChI is InChI=1S/C18H18O4/c1-12(19)16-6-4-5-7-17(16)22-13(2)14-8-10-15(11-9-14)18(20)21-3/h4-11,13H,1-3H3. The van der Waals surface area contributed by atoms with Crippen LogP contribution in [0.15, 0.2) is 48.5 Å². The first kappa shape index (κ1) is 15.8. The van der Waals surface area contributed by atoms with Gasteiger partial charge in [-0.2, -0.15) is 0 Å². The fourth-order valence-corrected chi connectivity index (χ4v) is 2.13. The van der Waals surface area contributed by atoms with E-state index >= 15 is 0 Å². The number of benzene rings is 2. The Hall–Kier alpha value is -2.62. The molecule has 0 N–H and O–H groups in total. The topological polar surface area (TPSA) is 52.6 Å². The van der Waals surface area contributed by atoms with Crippen LogP contribution in [0.2, 0.25) is 0 Å². The number of Topliss-reactive ketones (excluding diaryl/α,β-unsaturated/α-hetero) is 1. The maximum absolute atomic E-state index is 11.6. The van der Waals surface area contributed by atoms with Crippen molar-refractivity contribution in [2.45, 2.75) is 20.0 Å². The Morgan fingerprint density at radius 3 is 2.23 bits per heavy atom. The molecule has 0 aromatic heterocycles. The number of ketones is 1. The van der Waals surface area contributed by atoms with E-state index in [1.165, 1.54) is 14.0 Å². The molecule has 0 amide bonds. The Bertz CT molecular complexity index is 674. The first-order chi connectivity index (χ1) is 10.5. The third-order valence-corrected chi connectivity index (χ3v) is 3.37. The predicted octanol–water partition coefficient (Wildman–Crippen LogP) is 3.82. The van der Waals surface area contributed by atoms with E-state index in [2.05, 4.69) is 4.74 Å². The van der Waals surface area contributed by atoms with Crippen LogP contribution in [0.1, 0.15) is 46.2 Å². The second-order valence-electron chi connectivity index (χ2n) is 4.93. The van der Waals surface area contributed by atoms with Crippen LogP contribution in [0.3, 0.4) is 0 Å². The molecule has 4 heteroatoms. The molecular formula is C18H18O4. The third-order valence-electron chi connectivity index (χ3n) is 3.37. The minimum absolute atomic E-state index is 0.0381. The van der Waals surface area contributed by atoms with Gasteiger partial charge in [-0.1, -0.05) is 24.3 Å². The van der Waals surface area contributed by atoms with Crippen LogP contribution in [-0.2, 0) is 4.74 Å². The molecule has 1 atom stereocenters. The second-order valence-corrected chi connectivity index (χ2v) is 4.93. The van der Waals surface area contributed by atoms with E-state index in [0.717, 1.165) is 5.56 Å². The van der Waals surface area contributed by atoms with Crippen molar-refractivity contribution in [3.8, 4) is 5.75 Å². The third kappa shape index (κ3) is 3.52. The summed E-state index contributed by atoms with van der Waals surface area (Å²) in [6.07, 6.45) is -0.243. The average molecular weight is 298 g/mol. The highest BCUT2D eigenvalue weighted by molar-refractivity contribution is 5.96. The molecular weight excluding hydrogens is 280 g/mol. The predicted molar refractivity (Wildman–Crippen MR) is 83.3 cm³/mol. The van der Waals surface area contributed by atoms with Crippen LogP contribution in [0.25, 0.3) is 0 Å². The summed E-state index contributed by atoms with van der Waals surface area (Å²) < 4.78 is 10.5. The molecule has 0 bridgehead atoms. The summed E-state index contributed by atoms with van der Waals surface area (Å²) in [6, 6.07) is 14.2. The summed E-state index contributed by atoms with van der Waals surface area (Å²) >= 11 is 0. The van der Waals surface area contributed by atoms with Gasteiger partial charge in [-0.25, -0.2) is 4.79 Å². The quantitative estimate of drug-likeness (QED) is 0.622. The van der Waals surface area contributed by atoms with Crippen molar-refractivity contribution >= 4 is 11.8 Å². The molecule has 2 aromatic carbocycles. The highest BCUT2D eigenvalue weighted by Gasteiger charge is 2.13. The lowest BCUT2D eigenvalue weighted by molar-refractivity contribution is 0.0600. The summed E-state index contributed by atoms with van der Waals surface area (Å²) in [5, 5.41) is 0. The Labute approximate surface area is 129 Å². The number of ether oxygens (including phenoxy) is 2. The Kier molecular flexibility index (Phi) is 4.94. The molecule has 2 aromatic rings. The van der Waals surface area contributed by atoms with E-state index in [1.54, 1.807) is 30.3 Å². The van der Waals surface area contributed by atoms with E-state index in [1.807, 2.05) is 25.1 Å².